The van der Waals surface area contributed by atoms with Crippen molar-refractivity contribution in [3.63, 3.8) is 0 Å². The molecule has 238 valence electrons. The highest BCUT2D eigenvalue weighted by Gasteiger charge is 2.42. The summed E-state index contributed by atoms with van der Waals surface area (Å²) in [6, 6.07) is 9.58. The number of nitrogens with one attached hydrogen (secondary N) is 2. The maximum absolute atomic E-state index is 15.6. The number of nitriles is 1. The number of hydrogen-bond donors (Lipinski definition) is 2. The van der Waals surface area contributed by atoms with Gasteiger partial charge >= 0.3 is 0 Å². The molecule has 2 N–H and O–H groups in total. The van der Waals surface area contributed by atoms with E-state index in [0.717, 1.165) is 68.8 Å². The van der Waals surface area contributed by atoms with Crippen LogP contribution in [0.1, 0.15) is 56.9 Å². The molecule has 44 heavy (non-hydrogen) atoms. The van der Waals surface area contributed by atoms with Crippen LogP contribution in [0, 0.1) is 23.0 Å². The van der Waals surface area contributed by atoms with Gasteiger partial charge in [0.1, 0.15) is 23.3 Å². The molecule has 2 aromatic rings. The molecule has 1 aliphatic heterocycles. The van der Waals surface area contributed by atoms with Gasteiger partial charge in [-0.3, -0.25) is 9.69 Å². The molecule has 13 heteroatoms. The van der Waals surface area contributed by atoms with Gasteiger partial charge in [-0.25, -0.2) is 21.9 Å². The van der Waals surface area contributed by atoms with Gasteiger partial charge in [-0.2, -0.15) is 5.26 Å². The van der Waals surface area contributed by atoms with Crippen molar-refractivity contribution in [2.75, 3.05) is 37.8 Å². The second-order valence-electron chi connectivity index (χ2n) is 11.7. The van der Waals surface area contributed by atoms with E-state index in [0.29, 0.717) is 31.1 Å². The van der Waals surface area contributed by atoms with Gasteiger partial charge in [0.05, 0.1) is 28.4 Å². The summed E-state index contributed by atoms with van der Waals surface area (Å²) in [5.41, 5.74) is -1.57. The number of nitrogens with zero attached hydrogens (tertiary/aromatic N) is 2. The number of carbonyl (C=O) groups excluding carboxylic acids is 1. The van der Waals surface area contributed by atoms with E-state index in [1.54, 1.807) is 12.1 Å². The molecule has 1 heterocycles. The number of halogens is 2. The van der Waals surface area contributed by atoms with Crippen LogP contribution in [0.25, 0.3) is 0 Å². The molecule has 0 spiro atoms. The zero-order chi connectivity index (χ0) is 31.3. The van der Waals surface area contributed by atoms with Gasteiger partial charge in [0.25, 0.3) is 15.9 Å². The van der Waals surface area contributed by atoms with Crippen molar-refractivity contribution < 1.29 is 31.5 Å². The molecule has 1 atom stereocenters. The van der Waals surface area contributed by atoms with E-state index in [9.17, 15) is 22.9 Å². The van der Waals surface area contributed by atoms with Gasteiger partial charge in [0, 0.05) is 43.4 Å². The van der Waals surface area contributed by atoms with Crippen molar-refractivity contribution in [2.24, 2.45) is 0 Å². The summed E-state index contributed by atoms with van der Waals surface area (Å²) >= 11 is 1.47. The first-order valence-corrected chi connectivity index (χ1v) is 17.5. The average Bonchev–Trinajstić information content (AvgIpc) is 3.82. The summed E-state index contributed by atoms with van der Waals surface area (Å²) in [5, 5.41) is 13.0. The van der Waals surface area contributed by atoms with Crippen LogP contribution in [-0.2, 0) is 24.3 Å². The molecule has 0 bridgehead atoms. The minimum Gasteiger partial charge on any atom is -0.378 e. The molecule has 1 saturated heterocycles. The predicted molar refractivity (Wildman–Crippen MR) is 163 cm³/mol. The third kappa shape index (κ3) is 8.09. The lowest BCUT2D eigenvalue weighted by atomic mass is 9.84. The molecule has 3 aliphatic rings. The van der Waals surface area contributed by atoms with Crippen LogP contribution in [0.2, 0.25) is 0 Å². The number of rotatable bonds is 14. The third-order valence-corrected chi connectivity index (χ3v) is 10.9. The highest BCUT2D eigenvalue weighted by molar-refractivity contribution is 7.99. The van der Waals surface area contributed by atoms with Gasteiger partial charge in [-0.05, 0) is 68.5 Å². The Kier molecular flexibility index (Phi) is 10.5. The lowest BCUT2D eigenvalue weighted by Gasteiger charge is -2.39. The van der Waals surface area contributed by atoms with E-state index in [-0.39, 0.29) is 29.2 Å². The topological polar surface area (TPSA) is 121 Å². The summed E-state index contributed by atoms with van der Waals surface area (Å²) < 4.78 is 68.8. The Morgan fingerprint density at radius 3 is 2.48 bits per heavy atom. The summed E-state index contributed by atoms with van der Waals surface area (Å²) in [7, 11) is -3.11. The largest absolute Gasteiger partial charge is 0.378 e. The number of benzene rings is 2. The molecule has 2 saturated carbocycles. The Bertz CT molecular complexity index is 1470. The molecular weight excluding hydrogens is 610 g/mol. The Morgan fingerprint density at radius 2 is 1.84 bits per heavy atom. The van der Waals surface area contributed by atoms with Gasteiger partial charge in [-0.15, -0.1) is 11.8 Å². The van der Waals surface area contributed by atoms with Crippen molar-refractivity contribution >= 4 is 33.4 Å². The minimum absolute atomic E-state index is 0.110. The molecule has 2 aromatic carbocycles. The number of thioether (sulfide) groups is 1. The number of anilines is 1. The molecule has 1 amide bonds. The molecule has 0 unspecified atom stereocenters. The second-order valence-corrected chi connectivity index (χ2v) is 14.5. The van der Waals surface area contributed by atoms with E-state index in [1.165, 1.54) is 31.0 Å². The first kappa shape index (κ1) is 32.6. The summed E-state index contributed by atoms with van der Waals surface area (Å²) in [6.07, 6.45) is 6.62. The number of methoxy groups -OCH3 is 1. The highest BCUT2D eigenvalue weighted by atomic mass is 32.2. The zero-order valence-electron chi connectivity index (χ0n) is 24.7. The Morgan fingerprint density at radius 1 is 1.14 bits per heavy atom. The number of likely N-dealkylation sites (tertiary alicyclic amines) is 1. The van der Waals surface area contributed by atoms with Crippen molar-refractivity contribution in [3.05, 3.63) is 53.6 Å². The van der Waals surface area contributed by atoms with Gasteiger partial charge in [-0.1, -0.05) is 19.3 Å². The maximum Gasteiger partial charge on any atom is 0.265 e. The van der Waals surface area contributed by atoms with Crippen LogP contribution in [-0.4, -0.2) is 75.6 Å². The first-order valence-electron chi connectivity index (χ1n) is 15.0. The molecule has 3 fully saturated rings. The Labute approximate surface area is 261 Å². The minimum atomic E-state index is -4.49. The van der Waals surface area contributed by atoms with Crippen LogP contribution in [0.5, 0.6) is 0 Å². The number of hydrogen-bond acceptors (Lipinski definition) is 9. The van der Waals surface area contributed by atoms with Gasteiger partial charge in [0.15, 0.2) is 0 Å². The monoisotopic (exact) mass is 648 g/mol. The first-order chi connectivity index (χ1) is 21.1. The number of carbonyl (C=O) groups is 1. The van der Waals surface area contributed by atoms with Crippen LogP contribution in [0.3, 0.4) is 0 Å². The molecule has 2 aliphatic carbocycles. The zero-order valence-corrected chi connectivity index (χ0v) is 26.3. The average molecular weight is 649 g/mol. The molecular formula is C31H38F2N4O5S2. The lowest BCUT2D eigenvalue weighted by Crippen LogP contribution is -2.53. The molecule has 0 radical (unpaired) electrons. The predicted octanol–water partition coefficient (Wildman–Crippen LogP) is 4.82. The lowest BCUT2D eigenvalue weighted by molar-refractivity contribution is -0.145. The second kappa shape index (κ2) is 14.1. The summed E-state index contributed by atoms with van der Waals surface area (Å²) in [6.45, 7) is 2.37. The van der Waals surface area contributed by atoms with E-state index >= 15 is 4.39 Å². The fourth-order valence-corrected chi connectivity index (χ4v) is 7.68. The fourth-order valence-electron chi connectivity index (χ4n) is 5.63. The fraction of sp³-hybridized carbons (Fsp3) is 0.548. The van der Waals surface area contributed by atoms with Crippen molar-refractivity contribution in [1.29, 1.82) is 5.26 Å². The summed E-state index contributed by atoms with van der Waals surface area (Å²) in [5.74, 6) is -1.57. The third-order valence-electron chi connectivity index (χ3n) is 8.43. The van der Waals surface area contributed by atoms with Crippen molar-refractivity contribution in [2.45, 2.75) is 85.0 Å². The van der Waals surface area contributed by atoms with Gasteiger partial charge in [0.2, 0.25) is 0 Å². The highest BCUT2D eigenvalue weighted by Crippen LogP contribution is 2.33. The summed E-state index contributed by atoms with van der Waals surface area (Å²) in [4.78, 5) is 15.6. The van der Waals surface area contributed by atoms with Crippen LogP contribution < -0.4 is 10.0 Å². The van der Waals surface area contributed by atoms with E-state index in [4.69, 9.17) is 9.47 Å². The van der Waals surface area contributed by atoms with E-state index in [2.05, 4.69) is 10.2 Å². The standard InChI is InChI=1S/C31H38F2N4O5S2/c1-41-31(12-3-2-4-13-31)30(38)36-44(39,40)27-15-21(17-34)29(28(33)16-27)35-23(20-43-26-9-5-22(32)6-10-26)11-14-37-18-25(19-37)42-24-7-8-24/h5-6,9-10,15-16,23-25,35H,2-4,7-8,11-14,18-20H2,1H3,(H,36,38)/t23-/m1/s1. The van der Waals surface area contributed by atoms with Crippen LogP contribution >= 0.6 is 11.8 Å². The van der Waals surface area contributed by atoms with Crippen LogP contribution in [0.4, 0.5) is 14.5 Å². The maximum atomic E-state index is 15.6. The Hall–Kier alpha value is -2.76. The normalized spacial score (nSPS) is 19.5. The quantitative estimate of drug-likeness (QED) is 0.278. The van der Waals surface area contributed by atoms with Crippen molar-refractivity contribution in [3.8, 4) is 6.07 Å². The smallest absolute Gasteiger partial charge is 0.265 e. The number of sulfonamides is 1. The molecule has 9 nitrogen and oxygen atoms in total. The number of amides is 1. The van der Waals surface area contributed by atoms with Crippen molar-refractivity contribution in [1.82, 2.24) is 9.62 Å². The van der Waals surface area contributed by atoms with E-state index in [1.807, 2.05) is 10.8 Å². The van der Waals surface area contributed by atoms with E-state index < -0.39 is 32.2 Å². The SMILES string of the molecule is COC1(C(=O)NS(=O)(=O)c2cc(F)c(N[C@H](CCN3CC(OC4CC4)C3)CSc3ccc(F)cc3)c(C#N)c2)CCCCC1. The molecule has 0 aromatic heterocycles. The van der Waals surface area contributed by atoms with Crippen LogP contribution in [0.15, 0.2) is 46.2 Å². The van der Waals surface area contributed by atoms with Gasteiger partial charge < -0.3 is 14.8 Å². The Balaban J connectivity index is 1.29. The number of ether oxygens (including phenoxy) is 2. The molecule has 5 rings (SSSR count).